The molecule has 0 unspecified atom stereocenters. The normalized spacial score (nSPS) is 12.0. The summed E-state index contributed by atoms with van der Waals surface area (Å²) in [5, 5.41) is 0.436. The third-order valence-corrected chi connectivity index (χ3v) is 3.27. The summed E-state index contributed by atoms with van der Waals surface area (Å²) < 4.78 is 24.0. The molecule has 4 nitrogen and oxygen atoms in total. The van der Waals surface area contributed by atoms with Gasteiger partial charge in [0.1, 0.15) is 0 Å². The van der Waals surface area contributed by atoms with Gasteiger partial charge in [0, 0.05) is 11.1 Å². The number of thiazole rings is 1. The van der Waals surface area contributed by atoms with Crippen LogP contribution in [0.4, 0.5) is 5.13 Å². The average molecular weight is 220 g/mol. The summed E-state index contributed by atoms with van der Waals surface area (Å²) in [5.74, 6) is 0.382. The first kappa shape index (κ1) is 10.5. The van der Waals surface area contributed by atoms with Gasteiger partial charge in [-0.2, -0.15) is 0 Å². The molecule has 0 fully saturated rings. The Bertz CT molecular complexity index is 381. The third kappa shape index (κ3) is 3.31. The fourth-order valence-corrected chi connectivity index (χ4v) is 2.42. The van der Waals surface area contributed by atoms with Crippen molar-refractivity contribution in [3.8, 4) is 0 Å². The standard InChI is InChI=1S/C7H12N2O2S2/c1-5(2)6-4-8-7(12-6)9-13(3,10)11/h4-5H,1-3H3,(H,8,9). The van der Waals surface area contributed by atoms with Gasteiger partial charge < -0.3 is 0 Å². The Morgan fingerprint density at radius 2 is 2.15 bits per heavy atom. The highest BCUT2D eigenvalue weighted by atomic mass is 32.2. The zero-order chi connectivity index (χ0) is 10.1. The van der Waals surface area contributed by atoms with Crippen molar-refractivity contribution >= 4 is 26.5 Å². The Labute approximate surface area is 82.1 Å². The van der Waals surface area contributed by atoms with Gasteiger partial charge in [-0.1, -0.05) is 13.8 Å². The number of nitrogens with zero attached hydrogens (tertiary/aromatic N) is 1. The fraction of sp³-hybridized carbons (Fsp3) is 0.571. The molecule has 0 amide bonds. The number of sulfonamides is 1. The largest absolute Gasteiger partial charge is 0.259 e. The molecule has 0 atom stereocenters. The minimum absolute atomic E-state index is 0.382. The first-order valence-electron chi connectivity index (χ1n) is 3.82. The van der Waals surface area contributed by atoms with Crippen LogP contribution in [0.5, 0.6) is 0 Å². The van der Waals surface area contributed by atoms with Crippen molar-refractivity contribution < 1.29 is 8.42 Å². The van der Waals surface area contributed by atoms with Crippen LogP contribution in [-0.2, 0) is 10.0 Å². The maximum Gasteiger partial charge on any atom is 0.231 e. The predicted octanol–water partition coefficient (Wildman–Crippen LogP) is 1.64. The molecule has 0 radical (unpaired) electrons. The molecule has 6 heteroatoms. The van der Waals surface area contributed by atoms with Gasteiger partial charge >= 0.3 is 0 Å². The van der Waals surface area contributed by atoms with Gasteiger partial charge in [0.25, 0.3) is 0 Å². The summed E-state index contributed by atoms with van der Waals surface area (Å²) in [5.41, 5.74) is 0. The van der Waals surface area contributed by atoms with Gasteiger partial charge in [0.15, 0.2) is 5.13 Å². The molecule has 0 spiro atoms. The van der Waals surface area contributed by atoms with Crippen molar-refractivity contribution in [2.45, 2.75) is 19.8 Å². The maximum absolute atomic E-state index is 10.8. The van der Waals surface area contributed by atoms with Gasteiger partial charge in [0.05, 0.1) is 6.26 Å². The Morgan fingerprint density at radius 3 is 2.54 bits per heavy atom. The van der Waals surface area contributed by atoms with Crippen molar-refractivity contribution in [2.24, 2.45) is 0 Å². The highest BCUT2D eigenvalue weighted by Crippen LogP contribution is 2.25. The summed E-state index contributed by atoms with van der Waals surface area (Å²) in [6.07, 6.45) is 2.81. The number of rotatable bonds is 3. The smallest absolute Gasteiger partial charge is 0.231 e. The molecule has 0 aliphatic carbocycles. The average Bonchev–Trinajstić information content (AvgIpc) is 2.31. The SMILES string of the molecule is CC(C)c1cnc(NS(C)(=O)=O)s1. The zero-order valence-corrected chi connectivity index (χ0v) is 9.37. The number of anilines is 1. The molecule has 0 aliphatic rings. The van der Waals surface area contributed by atoms with E-state index < -0.39 is 10.0 Å². The number of hydrogen-bond acceptors (Lipinski definition) is 4. The third-order valence-electron chi connectivity index (χ3n) is 1.37. The van der Waals surface area contributed by atoms with Gasteiger partial charge in [-0.25, -0.2) is 13.4 Å². The summed E-state index contributed by atoms with van der Waals surface area (Å²) >= 11 is 1.37. The Kier molecular flexibility index (Phi) is 2.92. The monoisotopic (exact) mass is 220 g/mol. The molecule has 0 saturated carbocycles. The quantitative estimate of drug-likeness (QED) is 0.842. The minimum atomic E-state index is -3.19. The highest BCUT2D eigenvalue weighted by molar-refractivity contribution is 7.92. The van der Waals surface area contributed by atoms with Crippen LogP contribution in [0.25, 0.3) is 0 Å². The molecule has 74 valence electrons. The van der Waals surface area contributed by atoms with E-state index in [1.807, 2.05) is 13.8 Å². The molecular weight excluding hydrogens is 208 g/mol. The van der Waals surface area contributed by atoms with Gasteiger partial charge in [-0.15, -0.1) is 11.3 Å². The van der Waals surface area contributed by atoms with Gasteiger partial charge in [0.2, 0.25) is 10.0 Å². The Balaban J connectivity index is 2.81. The number of aromatic nitrogens is 1. The highest BCUT2D eigenvalue weighted by Gasteiger charge is 2.08. The second kappa shape index (κ2) is 3.63. The van der Waals surface area contributed by atoms with E-state index in [1.165, 1.54) is 11.3 Å². The molecule has 1 aromatic rings. The molecular formula is C7H12N2O2S2. The van der Waals surface area contributed by atoms with Crippen LogP contribution in [0, 0.1) is 0 Å². The molecule has 0 aromatic carbocycles. The van der Waals surface area contributed by atoms with E-state index in [9.17, 15) is 8.42 Å². The fourth-order valence-electron chi connectivity index (χ4n) is 0.759. The van der Waals surface area contributed by atoms with Crippen LogP contribution in [0.15, 0.2) is 6.20 Å². The summed E-state index contributed by atoms with van der Waals surface area (Å²) in [6.45, 7) is 4.08. The van der Waals surface area contributed by atoms with E-state index in [1.54, 1.807) is 6.20 Å². The zero-order valence-electron chi connectivity index (χ0n) is 7.73. The van der Waals surface area contributed by atoms with Gasteiger partial charge in [-0.05, 0) is 5.92 Å². The molecule has 1 N–H and O–H groups in total. The summed E-state index contributed by atoms with van der Waals surface area (Å²) in [4.78, 5) is 5.03. The van der Waals surface area contributed by atoms with Crippen LogP contribution in [0.1, 0.15) is 24.6 Å². The van der Waals surface area contributed by atoms with Crippen molar-refractivity contribution in [1.29, 1.82) is 0 Å². The van der Waals surface area contributed by atoms with Crippen LogP contribution in [0.3, 0.4) is 0 Å². The molecule has 0 aliphatic heterocycles. The first-order valence-corrected chi connectivity index (χ1v) is 6.53. The summed E-state index contributed by atoms with van der Waals surface area (Å²) in [7, 11) is -3.19. The lowest BCUT2D eigenvalue weighted by molar-refractivity contribution is 0.607. The lowest BCUT2D eigenvalue weighted by Gasteiger charge is -1.98. The molecule has 1 heterocycles. The predicted molar refractivity (Wildman–Crippen MR) is 54.7 cm³/mol. The molecule has 0 saturated heterocycles. The van der Waals surface area contributed by atoms with E-state index >= 15 is 0 Å². The molecule has 0 bridgehead atoms. The second-order valence-electron chi connectivity index (χ2n) is 3.10. The maximum atomic E-state index is 10.8. The number of hydrogen-bond donors (Lipinski definition) is 1. The van der Waals surface area contributed by atoms with E-state index in [2.05, 4.69) is 9.71 Å². The van der Waals surface area contributed by atoms with Crippen LogP contribution in [-0.4, -0.2) is 19.7 Å². The number of nitrogens with one attached hydrogen (secondary N) is 1. The van der Waals surface area contributed by atoms with Crippen molar-refractivity contribution in [3.05, 3.63) is 11.1 Å². The molecule has 1 rings (SSSR count). The van der Waals surface area contributed by atoms with Crippen LogP contribution >= 0.6 is 11.3 Å². The van der Waals surface area contributed by atoms with E-state index in [-0.39, 0.29) is 0 Å². The van der Waals surface area contributed by atoms with Crippen molar-refractivity contribution in [1.82, 2.24) is 4.98 Å². The first-order chi connectivity index (χ1) is 5.88. The Hall–Kier alpha value is -0.620. The van der Waals surface area contributed by atoms with E-state index in [0.29, 0.717) is 11.0 Å². The van der Waals surface area contributed by atoms with Gasteiger partial charge in [-0.3, -0.25) is 4.72 Å². The van der Waals surface area contributed by atoms with Crippen molar-refractivity contribution in [2.75, 3.05) is 11.0 Å². The van der Waals surface area contributed by atoms with Crippen LogP contribution < -0.4 is 4.72 Å². The summed E-state index contributed by atoms with van der Waals surface area (Å²) in [6, 6.07) is 0. The lowest BCUT2D eigenvalue weighted by Crippen LogP contribution is -2.08. The molecule has 13 heavy (non-hydrogen) atoms. The topological polar surface area (TPSA) is 59.1 Å². The Morgan fingerprint density at radius 1 is 1.54 bits per heavy atom. The van der Waals surface area contributed by atoms with Crippen LogP contribution in [0.2, 0.25) is 0 Å². The van der Waals surface area contributed by atoms with Crippen molar-refractivity contribution in [3.63, 3.8) is 0 Å². The van der Waals surface area contributed by atoms with E-state index in [4.69, 9.17) is 0 Å². The molecule has 1 aromatic heterocycles. The second-order valence-corrected chi connectivity index (χ2v) is 5.91. The van der Waals surface area contributed by atoms with E-state index in [0.717, 1.165) is 11.1 Å². The lowest BCUT2D eigenvalue weighted by atomic mass is 10.2. The minimum Gasteiger partial charge on any atom is -0.259 e.